The Hall–Kier alpha value is -1.49. The molecule has 1 heterocycles. The molecule has 4 N–H and O–H groups in total. The molecule has 0 bridgehead atoms. The lowest BCUT2D eigenvalue weighted by molar-refractivity contribution is 0.181. The van der Waals surface area contributed by atoms with Gasteiger partial charge in [-0.2, -0.15) is 4.98 Å². The zero-order valence-electron chi connectivity index (χ0n) is 7.70. The van der Waals surface area contributed by atoms with Crippen molar-refractivity contribution in [3.63, 3.8) is 0 Å². The molecule has 0 aliphatic heterocycles. The van der Waals surface area contributed by atoms with Crippen molar-refractivity contribution in [2.75, 3.05) is 25.7 Å². The van der Waals surface area contributed by atoms with Crippen LogP contribution in [-0.2, 0) is 11.3 Å². The Morgan fingerprint density at radius 2 is 2.08 bits per heavy atom. The SMILES string of the molecule is COCc1cc(N)c(N)nc1OC. The molecule has 0 aliphatic carbocycles. The normalized spacial score (nSPS) is 10.0. The maximum absolute atomic E-state index is 5.58. The van der Waals surface area contributed by atoms with Crippen LogP contribution in [0.3, 0.4) is 0 Å². The van der Waals surface area contributed by atoms with E-state index in [1.165, 1.54) is 7.11 Å². The monoisotopic (exact) mass is 183 g/mol. The first-order chi connectivity index (χ1) is 6.19. The lowest BCUT2D eigenvalue weighted by Crippen LogP contribution is -2.03. The van der Waals surface area contributed by atoms with E-state index in [2.05, 4.69) is 4.98 Å². The van der Waals surface area contributed by atoms with Gasteiger partial charge in [-0.3, -0.25) is 0 Å². The number of nitrogens with zero attached hydrogens (tertiary/aromatic N) is 1. The second-order valence-corrected chi connectivity index (χ2v) is 2.56. The highest BCUT2D eigenvalue weighted by atomic mass is 16.5. The molecule has 0 aliphatic rings. The van der Waals surface area contributed by atoms with Crippen molar-refractivity contribution < 1.29 is 9.47 Å². The fourth-order valence-electron chi connectivity index (χ4n) is 1.00. The Morgan fingerprint density at radius 3 is 2.62 bits per heavy atom. The quantitative estimate of drug-likeness (QED) is 0.708. The Balaban J connectivity index is 3.09. The van der Waals surface area contributed by atoms with Gasteiger partial charge in [-0.15, -0.1) is 0 Å². The highest BCUT2D eigenvalue weighted by molar-refractivity contribution is 5.61. The molecule has 0 unspecified atom stereocenters. The zero-order valence-corrected chi connectivity index (χ0v) is 7.70. The van der Waals surface area contributed by atoms with Gasteiger partial charge in [-0.1, -0.05) is 0 Å². The number of nitrogen functional groups attached to an aromatic ring is 2. The molecule has 0 saturated heterocycles. The van der Waals surface area contributed by atoms with Crippen molar-refractivity contribution >= 4 is 11.5 Å². The van der Waals surface area contributed by atoms with E-state index in [9.17, 15) is 0 Å². The van der Waals surface area contributed by atoms with Crippen molar-refractivity contribution in [2.45, 2.75) is 6.61 Å². The second-order valence-electron chi connectivity index (χ2n) is 2.56. The van der Waals surface area contributed by atoms with Crippen molar-refractivity contribution in [3.8, 4) is 5.88 Å². The van der Waals surface area contributed by atoms with Crippen LogP contribution in [0.15, 0.2) is 6.07 Å². The molecule has 0 saturated carbocycles. The van der Waals surface area contributed by atoms with Crippen molar-refractivity contribution in [2.24, 2.45) is 0 Å². The number of hydrogen-bond donors (Lipinski definition) is 2. The number of methoxy groups -OCH3 is 2. The van der Waals surface area contributed by atoms with Gasteiger partial charge in [0, 0.05) is 12.7 Å². The molecule has 1 rings (SSSR count). The molecule has 0 spiro atoms. The minimum atomic E-state index is 0.275. The summed E-state index contributed by atoms with van der Waals surface area (Å²) in [6.45, 7) is 0.403. The summed E-state index contributed by atoms with van der Waals surface area (Å²) in [5.41, 5.74) is 12.3. The van der Waals surface area contributed by atoms with E-state index in [1.54, 1.807) is 13.2 Å². The van der Waals surface area contributed by atoms with Crippen LogP contribution in [-0.4, -0.2) is 19.2 Å². The van der Waals surface area contributed by atoms with Gasteiger partial charge in [0.15, 0.2) is 5.82 Å². The maximum Gasteiger partial charge on any atom is 0.220 e. The summed E-state index contributed by atoms with van der Waals surface area (Å²) in [5.74, 6) is 0.727. The number of hydrogen-bond acceptors (Lipinski definition) is 5. The summed E-state index contributed by atoms with van der Waals surface area (Å²) in [7, 11) is 3.11. The summed E-state index contributed by atoms with van der Waals surface area (Å²) in [6, 6.07) is 1.70. The highest BCUT2D eigenvalue weighted by Crippen LogP contribution is 2.23. The van der Waals surface area contributed by atoms with Gasteiger partial charge in [0.25, 0.3) is 0 Å². The van der Waals surface area contributed by atoms with Crippen LogP contribution in [0.1, 0.15) is 5.56 Å². The third-order valence-electron chi connectivity index (χ3n) is 1.62. The van der Waals surface area contributed by atoms with Gasteiger partial charge in [0.2, 0.25) is 5.88 Å². The number of pyridine rings is 1. The minimum Gasteiger partial charge on any atom is -0.481 e. The van der Waals surface area contributed by atoms with Gasteiger partial charge < -0.3 is 20.9 Å². The first-order valence-electron chi connectivity index (χ1n) is 3.76. The minimum absolute atomic E-state index is 0.275. The van der Waals surface area contributed by atoms with Gasteiger partial charge in [-0.05, 0) is 6.07 Å². The molecule has 13 heavy (non-hydrogen) atoms. The van der Waals surface area contributed by atoms with Crippen LogP contribution >= 0.6 is 0 Å². The number of ether oxygens (including phenoxy) is 2. The molecule has 1 aromatic heterocycles. The van der Waals surface area contributed by atoms with E-state index in [0.29, 0.717) is 18.2 Å². The number of nitrogens with two attached hydrogens (primary N) is 2. The van der Waals surface area contributed by atoms with E-state index in [-0.39, 0.29) is 5.82 Å². The lowest BCUT2D eigenvalue weighted by Gasteiger charge is -2.08. The Morgan fingerprint density at radius 1 is 1.38 bits per heavy atom. The summed E-state index contributed by atoms with van der Waals surface area (Å²) < 4.78 is 9.96. The molecule has 0 amide bonds. The Labute approximate surface area is 76.7 Å². The number of anilines is 2. The Bertz CT molecular complexity index is 302. The molecule has 1 aromatic rings. The average Bonchev–Trinajstić information content (AvgIpc) is 2.11. The first kappa shape index (κ1) is 9.60. The molecule has 5 nitrogen and oxygen atoms in total. The van der Waals surface area contributed by atoms with Crippen LogP contribution in [0.4, 0.5) is 11.5 Å². The summed E-state index contributed by atoms with van der Waals surface area (Å²) in [4.78, 5) is 3.96. The predicted octanol–water partition coefficient (Wildman–Crippen LogP) is 0.401. The van der Waals surface area contributed by atoms with Crippen LogP contribution in [0.25, 0.3) is 0 Å². The number of aromatic nitrogens is 1. The topological polar surface area (TPSA) is 83.4 Å². The second kappa shape index (κ2) is 3.95. The largest absolute Gasteiger partial charge is 0.481 e. The van der Waals surface area contributed by atoms with Gasteiger partial charge >= 0.3 is 0 Å². The maximum atomic E-state index is 5.58. The zero-order chi connectivity index (χ0) is 9.84. The highest BCUT2D eigenvalue weighted by Gasteiger charge is 2.07. The van der Waals surface area contributed by atoms with E-state index < -0.39 is 0 Å². The summed E-state index contributed by atoms with van der Waals surface area (Å²) in [5, 5.41) is 0. The third kappa shape index (κ3) is 2.00. The Kier molecular flexibility index (Phi) is 2.92. The first-order valence-corrected chi connectivity index (χ1v) is 3.76. The van der Waals surface area contributed by atoms with Crippen LogP contribution in [0, 0.1) is 0 Å². The average molecular weight is 183 g/mol. The molecular weight excluding hydrogens is 170 g/mol. The van der Waals surface area contributed by atoms with Gasteiger partial charge in [0.05, 0.1) is 19.4 Å². The van der Waals surface area contributed by atoms with Crippen molar-refractivity contribution in [3.05, 3.63) is 11.6 Å². The lowest BCUT2D eigenvalue weighted by atomic mass is 10.2. The van der Waals surface area contributed by atoms with Gasteiger partial charge in [-0.25, -0.2) is 0 Å². The molecule has 0 atom stereocenters. The molecule has 0 radical (unpaired) electrons. The van der Waals surface area contributed by atoms with Crippen LogP contribution in [0.5, 0.6) is 5.88 Å². The summed E-state index contributed by atoms with van der Waals surface area (Å²) in [6.07, 6.45) is 0. The van der Waals surface area contributed by atoms with E-state index >= 15 is 0 Å². The molecule has 0 aromatic carbocycles. The third-order valence-corrected chi connectivity index (χ3v) is 1.62. The summed E-state index contributed by atoms with van der Waals surface area (Å²) >= 11 is 0. The van der Waals surface area contributed by atoms with Crippen molar-refractivity contribution in [1.29, 1.82) is 0 Å². The molecule has 5 heteroatoms. The molecule has 72 valence electrons. The van der Waals surface area contributed by atoms with E-state index in [4.69, 9.17) is 20.9 Å². The van der Waals surface area contributed by atoms with Crippen LogP contribution in [0.2, 0.25) is 0 Å². The standard InChI is InChI=1S/C8H13N3O2/c1-12-4-5-3-6(9)7(10)11-8(5)13-2/h3H,4,9H2,1-2H3,(H2,10,11). The number of rotatable bonds is 3. The van der Waals surface area contributed by atoms with Gasteiger partial charge in [0.1, 0.15) is 0 Å². The fourth-order valence-corrected chi connectivity index (χ4v) is 1.00. The smallest absolute Gasteiger partial charge is 0.220 e. The molecular formula is C8H13N3O2. The predicted molar refractivity (Wildman–Crippen MR) is 50.3 cm³/mol. The molecule has 0 fully saturated rings. The fraction of sp³-hybridized carbons (Fsp3) is 0.375. The van der Waals surface area contributed by atoms with E-state index in [0.717, 1.165) is 5.56 Å². The van der Waals surface area contributed by atoms with Crippen molar-refractivity contribution in [1.82, 2.24) is 4.98 Å². The van der Waals surface area contributed by atoms with Crippen LogP contribution < -0.4 is 16.2 Å². The van der Waals surface area contributed by atoms with E-state index in [1.807, 2.05) is 0 Å².